The van der Waals surface area contributed by atoms with Gasteiger partial charge in [0.25, 0.3) is 0 Å². The van der Waals surface area contributed by atoms with Gasteiger partial charge in [-0.3, -0.25) is 0 Å². The molecule has 12 heavy (non-hydrogen) atoms. The van der Waals surface area contributed by atoms with Crippen molar-refractivity contribution >= 4 is 11.8 Å². The predicted octanol–water partition coefficient (Wildman–Crippen LogP) is 1.80. The number of halogens is 1. The van der Waals surface area contributed by atoms with Crippen LogP contribution in [-0.2, 0) is 6.42 Å². The second kappa shape index (κ2) is 3.07. The molecule has 1 nitrogen and oxygen atoms in total. The third kappa shape index (κ3) is 1.34. The van der Waals surface area contributed by atoms with Crippen molar-refractivity contribution in [3.63, 3.8) is 0 Å². The van der Waals surface area contributed by atoms with Gasteiger partial charge in [-0.15, -0.1) is 11.8 Å². The molecule has 0 aromatic heterocycles. The van der Waals surface area contributed by atoms with Gasteiger partial charge in [0.15, 0.2) is 0 Å². The fourth-order valence-electron chi connectivity index (χ4n) is 1.42. The van der Waals surface area contributed by atoms with Gasteiger partial charge in [0, 0.05) is 16.7 Å². The molecule has 0 saturated heterocycles. The highest BCUT2D eigenvalue weighted by Crippen LogP contribution is 2.36. The van der Waals surface area contributed by atoms with Gasteiger partial charge in [-0.05, 0) is 30.2 Å². The van der Waals surface area contributed by atoms with Gasteiger partial charge in [-0.25, -0.2) is 4.39 Å². The maximum Gasteiger partial charge on any atom is 0.123 e. The molecule has 2 N–H and O–H groups in total. The lowest BCUT2D eigenvalue weighted by Gasteiger charge is -2.00. The van der Waals surface area contributed by atoms with Gasteiger partial charge in [0.1, 0.15) is 5.82 Å². The topological polar surface area (TPSA) is 26.0 Å². The number of fused-ring (bicyclic) bond motifs is 1. The van der Waals surface area contributed by atoms with Crippen LogP contribution in [0.4, 0.5) is 4.39 Å². The average molecular weight is 183 g/mol. The van der Waals surface area contributed by atoms with E-state index in [9.17, 15) is 4.39 Å². The van der Waals surface area contributed by atoms with Gasteiger partial charge in [-0.2, -0.15) is 0 Å². The Morgan fingerprint density at radius 3 is 3.17 bits per heavy atom. The second-order valence-electron chi connectivity index (χ2n) is 2.93. The van der Waals surface area contributed by atoms with E-state index in [1.165, 1.54) is 11.0 Å². The van der Waals surface area contributed by atoms with Crippen molar-refractivity contribution in [1.82, 2.24) is 0 Å². The molecule has 0 aliphatic carbocycles. The maximum absolute atomic E-state index is 12.8. The molecule has 64 valence electrons. The van der Waals surface area contributed by atoms with Crippen molar-refractivity contribution in [2.75, 3.05) is 6.54 Å². The van der Waals surface area contributed by atoms with Crippen LogP contribution in [0.2, 0.25) is 0 Å². The standard InChI is InChI=1S/C9H10FNS/c10-7-1-2-9-6(3-7)4-8(5-11)12-9/h1-3,8H,4-5,11H2. The minimum absolute atomic E-state index is 0.146. The summed E-state index contributed by atoms with van der Waals surface area (Å²) in [5.74, 6) is -0.146. The second-order valence-corrected chi connectivity index (χ2v) is 4.27. The summed E-state index contributed by atoms with van der Waals surface area (Å²) in [5.41, 5.74) is 6.64. The van der Waals surface area contributed by atoms with Crippen molar-refractivity contribution in [2.24, 2.45) is 5.73 Å². The molecular formula is C9H10FNS. The fraction of sp³-hybridized carbons (Fsp3) is 0.333. The molecule has 1 aromatic carbocycles. The Morgan fingerprint density at radius 1 is 1.58 bits per heavy atom. The van der Waals surface area contributed by atoms with E-state index in [-0.39, 0.29) is 5.82 Å². The highest BCUT2D eigenvalue weighted by Gasteiger charge is 2.20. The van der Waals surface area contributed by atoms with Crippen LogP contribution in [0.3, 0.4) is 0 Å². The molecule has 3 heteroatoms. The number of thioether (sulfide) groups is 1. The van der Waals surface area contributed by atoms with E-state index in [0.29, 0.717) is 11.8 Å². The molecule has 1 aliphatic heterocycles. The molecule has 2 rings (SSSR count). The van der Waals surface area contributed by atoms with Crippen LogP contribution in [0.1, 0.15) is 5.56 Å². The molecule has 1 aromatic rings. The summed E-state index contributed by atoms with van der Waals surface area (Å²) in [4.78, 5) is 1.19. The van der Waals surface area contributed by atoms with Crippen LogP contribution in [0, 0.1) is 5.82 Å². The van der Waals surface area contributed by atoms with E-state index < -0.39 is 0 Å². The van der Waals surface area contributed by atoms with Gasteiger partial charge in [-0.1, -0.05) is 0 Å². The van der Waals surface area contributed by atoms with Gasteiger partial charge < -0.3 is 5.73 Å². The van der Waals surface area contributed by atoms with Crippen molar-refractivity contribution in [1.29, 1.82) is 0 Å². The van der Waals surface area contributed by atoms with E-state index >= 15 is 0 Å². The summed E-state index contributed by atoms with van der Waals surface area (Å²) >= 11 is 1.75. The quantitative estimate of drug-likeness (QED) is 0.718. The first kappa shape index (κ1) is 8.08. The minimum Gasteiger partial charge on any atom is -0.329 e. The largest absolute Gasteiger partial charge is 0.329 e. The zero-order valence-electron chi connectivity index (χ0n) is 6.59. The van der Waals surface area contributed by atoms with E-state index in [2.05, 4.69) is 0 Å². The molecule has 0 bridgehead atoms. The van der Waals surface area contributed by atoms with Gasteiger partial charge in [0.05, 0.1) is 0 Å². The van der Waals surface area contributed by atoms with Crippen LogP contribution in [0.5, 0.6) is 0 Å². The van der Waals surface area contributed by atoms with E-state index in [0.717, 1.165) is 12.0 Å². The summed E-state index contributed by atoms with van der Waals surface area (Å²) in [6.45, 7) is 0.668. The summed E-state index contributed by atoms with van der Waals surface area (Å²) in [6.07, 6.45) is 0.911. The summed E-state index contributed by atoms with van der Waals surface area (Å²) in [5, 5.41) is 0.446. The van der Waals surface area contributed by atoms with Crippen molar-refractivity contribution in [3.05, 3.63) is 29.6 Å². The third-order valence-electron chi connectivity index (χ3n) is 2.03. The molecular weight excluding hydrogens is 173 g/mol. The molecule has 0 amide bonds. The molecule has 1 atom stereocenters. The zero-order chi connectivity index (χ0) is 8.55. The predicted molar refractivity (Wildman–Crippen MR) is 48.8 cm³/mol. The fourth-order valence-corrected chi connectivity index (χ4v) is 2.58. The lowest BCUT2D eigenvalue weighted by Crippen LogP contribution is -2.15. The van der Waals surface area contributed by atoms with Crippen molar-refractivity contribution in [3.8, 4) is 0 Å². The van der Waals surface area contributed by atoms with Gasteiger partial charge in [0.2, 0.25) is 0 Å². The first-order chi connectivity index (χ1) is 5.79. The number of hydrogen-bond acceptors (Lipinski definition) is 2. The number of nitrogens with two attached hydrogens (primary N) is 1. The summed E-state index contributed by atoms with van der Waals surface area (Å²) < 4.78 is 12.8. The molecule has 0 fully saturated rings. The van der Waals surface area contributed by atoms with Crippen LogP contribution in [0.15, 0.2) is 23.1 Å². The first-order valence-corrected chi connectivity index (χ1v) is 4.82. The average Bonchev–Trinajstić information content (AvgIpc) is 2.46. The van der Waals surface area contributed by atoms with Crippen LogP contribution in [-0.4, -0.2) is 11.8 Å². The summed E-state index contributed by atoms with van der Waals surface area (Å²) in [7, 11) is 0. The Kier molecular flexibility index (Phi) is 2.07. The summed E-state index contributed by atoms with van der Waals surface area (Å²) in [6, 6.07) is 4.95. The van der Waals surface area contributed by atoms with E-state index in [1.54, 1.807) is 17.8 Å². The minimum atomic E-state index is -0.146. The monoisotopic (exact) mass is 183 g/mol. The Bertz CT molecular complexity index is 301. The molecule has 0 saturated carbocycles. The highest BCUT2D eigenvalue weighted by molar-refractivity contribution is 8.00. The van der Waals surface area contributed by atoms with E-state index in [4.69, 9.17) is 5.73 Å². The highest BCUT2D eigenvalue weighted by atomic mass is 32.2. The Hall–Kier alpha value is -0.540. The first-order valence-electron chi connectivity index (χ1n) is 3.95. The maximum atomic E-state index is 12.8. The van der Waals surface area contributed by atoms with Crippen LogP contribution < -0.4 is 5.73 Å². The molecule has 1 unspecified atom stereocenters. The number of benzene rings is 1. The van der Waals surface area contributed by atoms with Crippen molar-refractivity contribution < 1.29 is 4.39 Å². The van der Waals surface area contributed by atoms with Crippen LogP contribution >= 0.6 is 11.8 Å². The normalized spacial score (nSPS) is 21.0. The SMILES string of the molecule is NCC1Cc2cc(F)ccc2S1. The Labute approximate surface area is 75.1 Å². The van der Waals surface area contributed by atoms with E-state index in [1.807, 2.05) is 6.07 Å². The molecule has 1 aliphatic rings. The molecule has 1 heterocycles. The number of rotatable bonds is 1. The molecule has 0 radical (unpaired) electrons. The zero-order valence-corrected chi connectivity index (χ0v) is 7.40. The number of hydrogen-bond donors (Lipinski definition) is 1. The Morgan fingerprint density at radius 2 is 2.42 bits per heavy atom. The van der Waals surface area contributed by atoms with Crippen molar-refractivity contribution in [2.45, 2.75) is 16.6 Å². The lowest BCUT2D eigenvalue weighted by atomic mass is 10.1. The lowest BCUT2D eigenvalue weighted by molar-refractivity contribution is 0.623. The third-order valence-corrected chi connectivity index (χ3v) is 3.37. The van der Waals surface area contributed by atoms with Gasteiger partial charge >= 0.3 is 0 Å². The Balaban J connectivity index is 2.30. The van der Waals surface area contributed by atoms with Crippen LogP contribution in [0.25, 0.3) is 0 Å². The smallest absolute Gasteiger partial charge is 0.123 e. The molecule has 0 spiro atoms.